The van der Waals surface area contributed by atoms with Crippen LogP contribution in [0.15, 0.2) is 212 Å². The van der Waals surface area contributed by atoms with Crippen molar-refractivity contribution in [1.82, 2.24) is 9.13 Å². The lowest BCUT2D eigenvalue weighted by Gasteiger charge is -2.14. The highest BCUT2D eigenvalue weighted by molar-refractivity contribution is 6.11. The topological polar surface area (TPSA) is 9.86 Å². The normalized spacial score (nSPS) is 11.6. The van der Waals surface area contributed by atoms with Crippen LogP contribution in [0.4, 0.5) is 0 Å². The molecule has 0 atom stereocenters. The van der Waals surface area contributed by atoms with Gasteiger partial charge in [-0.05, 0) is 130 Å². The number of aryl methyl sites for hydroxylation is 1. The van der Waals surface area contributed by atoms with E-state index < -0.39 is 0 Å². The molecule has 11 aromatic rings. The molecule has 0 aliphatic rings. The van der Waals surface area contributed by atoms with Crippen LogP contribution in [0, 0.1) is 6.92 Å². The number of nitrogens with zero attached hydrogens (tertiary/aromatic N) is 2. The van der Waals surface area contributed by atoms with Gasteiger partial charge in [-0.3, -0.25) is 0 Å². The fourth-order valence-electron chi connectivity index (χ4n) is 8.92. The zero-order valence-electron chi connectivity index (χ0n) is 31.6. The zero-order chi connectivity index (χ0) is 37.9. The Morgan fingerprint density at radius 3 is 1.23 bits per heavy atom. The van der Waals surface area contributed by atoms with E-state index in [1.807, 2.05) is 0 Å². The average Bonchev–Trinajstić information content (AvgIpc) is 3.81. The molecule has 0 N–H and O–H groups in total. The lowest BCUT2D eigenvalue weighted by atomic mass is 9.92. The first-order chi connectivity index (χ1) is 28.2. The standard InChI is InChI=1S/C55H38N2/c1-37-13-11-24-54-55(37)50-20-7-10-23-53(50)57(54)47-31-27-40(28-32-47)44-34-43(38-14-3-2-4-15-38)35-45(36-44)42-17-12-16-41(33-42)39-25-29-46(30-26-39)56-51-21-8-5-18-48(51)49-19-6-9-22-52(49)56/h2-36H,1H3. The Morgan fingerprint density at radius 2 is 0.632 bits per heavy atom. The van der Waals surface area contributed by atoms with Gasteiger partial charge in [-0.2, -0.15) is 0 Å². The summed E-state index contributed by atoms with van der Waals surface area (Å²) in [6.07, 6.45) is 0. The summed E-state index contributed by atoms with van der Waals surface area (Å²) in [6, 6.07) is 77.5. The number of para-hydroxylation sites is 3. The maximum atomic E-state index is 2.40. The third-order valence-electron chi connectivity index (χ3n) is 11.6. The smallest absolute Gasteiger partial charge is 0.0543 e. The first-order valence-corrected chi connectivity index (χ1v) is 19.7. The van der Waals surface area contributed by atoms with Crippen LogP contribution in [0.5, 0.6) is 0 Å². The summed E-state index contributed by atoms with van der Waals surface area (Å²) in [6.45, 7) is 2.21. The van der Waals surface area contributed by atoms with E-state index in [0.29, 0.717) is 0 Å². The monoisotopic (exact) mass is 726 g/mol. The summed E-state index contributed by atoms with van der Waals surface area (Å²) in [5, 5.41) is 5.15. The van der Waals surface area contributed by atoms with Crippen molar-refractivity contribution in [2.45, 2.75) is 6.92 Å². The highest BCUT2D eigenvalue weighted by Crippen LogP contribution is 2.38. The second-order valence-electron chi connectivity index (χ2n) is 15.0. The summed E-state index contributed by atoms with van der Waals surface area (Å²) >= 11 is 0. The van der Waals surface area contributed by atoms with Crippen molar-refractivity contribution < 1.29 is 0 Å². The summed E-state index contributed by atoms with van der Waals surface area (Å²) in [4.78, 5) is 0. The number of rotatable bonds is 6. The van der Waals surface area contributed by atoms with Crippen molar-refractivity contribution >= 4 is 43.6 Å². The van der Waals surface area contributed by atoms with Crippen molar-refractivity contribution in [3.8, 4) is 55.9 Å². The van der Waals surface area contributed by atoms with Gasteiger partial charge < -0.3 is 9.13 Å². The second kappa shape index (κ2) is 13.4. The third-order valence-corrected chi connectivity index (χ3v) is 11.6. The van der Waals surface area contributed by atoms with Crippen molar-refractivity contribution in [2.75, 3.05) is 0 Å². The van der Waals surface area contributed by atoms with Crippen molar-refractivity contribution in [1.29, 1.82) is 0 Å². The van der Waals surface area contributed by atoms with Gasteiger partial charge in [0.2, 0.25) is 0 Å². The molecular formula is C55H38N2. The fourth-order valence-corrected chi connectivity index (χ4v) is 8.92. The van der Waals surface area contributed by atoms with Gasteiger partial charge in [0.15, 0.2) is 0 Å². The number of hydrogen-bond donors (Lipinski definition) is 0. The van der Waals surface area contributed by atoms with E-state index in [2.05, 4.69) is 228 Å². The van der Waals surface area contributed by atoms with Gasteiger partial charge in [-0.1, -0.05) is 140 Å². The molecule has 0 aliphatic carbocycles. The molecule has 0 radical (unpaired) electrons. The van der Waals surface area contributed by atoms with E-state index in [1.54, 1.807) is 0 Å². The predicted molar refractivity (Wildman–Crippen MR) is 242 cm³/mol. The predicted octanol–water partition coefficient (Wildman–Crippen LogP) is 14.9. The Morgan fingerprint density at radius 1 is 0.263 bits per heavy atom. The molecule has 2 nitrogen and oxygen atoms in total. The van der Waals surface area contributed by atoms with Crippen LogP contribution in [0.2, 0.25) is 0 Å². The summed E-state index contributed by atoms with van der Waals surface area (Å²) in [7, 11) is 0. The Labute approximate surface area is 332 Å². The van der Waals surface area contributed by atoms with Crippen LogP contribution in [-0.4, -0.2) is 9.13 Å². The van der Waals surface area contributed by atoms with Crippen molar-refractivity contribution in [3.63, 3.8) is 0 Å². The van der Waals surface area contributed by atoms with Crippen LogP contribution in [0.25, 0.3) is 99.5 Å². The molecule has 0 fully saturated rings. The Balaban J connectivity index is 0.976. The molecule has 0 saturated heterocycles. The van der Waals surface area contributed by atoms with Crippen LogP contribution >= 0.6 is 0 Å². The van der Waals surface area contributed by atoms with E-state index in [0.717, 1.165) is 11.4 Å². The molecule has 0 bridgehead atoms. The Kier molecular flexibility index (Phi) is 7.75. The molecule has 2 aromatic heterocycles. The quantitative estimate of drug-likeness (QED) is 0.161. The lowest BCUT2D eigenvalue weighted by molar-refractivity contribution is 1.18. The minimum absolute atomic E-state index is 1.16. The minimum atomic E-state index is 1.16. The molecule has 0 aliphatic heterocycles. The minimum Gasteiger partial charge on any atom is -0.309 e. The van der Waals surface area contributed by atoms with Gasteiger partial charge in [0.25, 0.3) is 0 Å². The highest BCUT2D eigenvalue weighted by Gasteiger charge is 2.15. The van der Waals surface area contributed by atoms with Crippen LogP contribution < -0.4 is 0 Å². The van der Waals surface area contributed by atoms with E-state index >= 15 is 0 Å². The average molecular weight is 727 g/mol. The molecule has 2 heteroatoms. The maximum absolute atomic E-state index is 2.40. The molecule has 11 rings (SSSR count). The first-order valence-electron chi connectivity index (χ1n) is 19.7. The largest absolute Gasteiger partial charge is 0.309 e. The van der Waals surface area contributed by atoms with Gasteiger partial charge in [-0.25, -0.2) is 0 Å². The zero-order valence-corrected chi connectivity index (χ0v) is 31.6. The van der Waals surface area contributed by atoms with Gasteiger partial charge >= 0.3 is 0 Å². The van der Waals surface area contributed by atoms with Crippen LogP contribution in [0.1, 0.15) is 5.56 Å². The van der Waals surface area contributed by atoms with Gasteiger partial charge in [0.05, 0.1) is 22.1 Å². The lowest BCUT2D eigenvalue weighted by Crippen LogP contribution is -1.94. The molecule has 268 valence electrons. The fraction of sp³-hybridized carbons (Fsp3) is 0.0182. The molecule has 2 heterocycles. The molecule has 0 unspecified atom stereocenters. The maximum Gasteiger partial charge on any atom is 0.0543 e. The summed E-state index contributed by atoms with van der Waals surface area (Å²) < 4.78 is 4.77. The molecule has 57 heavy (non-hydrogen) atoms. The van der Waals surface area contributed by atoms with Gasteiger partial charge in [0, 0.05) is 32.9 Å². The highest BCUT2D eigenvalue weighted by atomic mass is 15.0. The van der Waals surface area contributed by atoms with Crippen molar-refractivity contribution in [2.24, 2.45) is 0 Å². The summed E-state index contributed by atoms with van der Waals surface area (Å²) in [5.74, 6) is 0. The third kappa shape index (κ3) is 5.57. The molecule has 9 aromatic carbocycles. The second-order valence-corrected chi connectivity index (χ2v) is 15.0. The summed E-state index contributed by atoms with van der Waals surface area (Å²) in [5.41, 5.74) is 18.1. The van der Waals surface area contributed by atoms with E-state index in [9.17, 15) is 0 Å². The molecule has 0 saturated carbocycles. The molecule has 0 amide bonds. The van der Waals surface area contributed by atoms with E-state index in [-0.39, 0.29) is 0 Å². The van der Waals surface area contributed by atoms with Crippen LogP contribution in [0.3, 0.4) is 0 Å². The molecule has 0 spiro atoms. The van der Waals surface area contributed by atoms with Crippen molar-refractivity contribution in [3.05, 3.63) is 218 Å². The first kappa shape index (κ1) is 33.0. The number of hydrogen-bond acceptors (Lipinski definition) is 0. The Bertz CT molecular complexity index is 3220. The number of fused-ring (bicyclic) bond motifs is 6. The van der Waals surface area contributed by atoms with Crippen LogP contribution in [-0.2, 0) is 0 Å². The Hall–Kier alpha value is -7.42. The van der Waals surface area contributed by atoms with E-state index in [1.165, 1.54) is 93.7 Å². The molecular weight excluding hydrogens is 689 g/mol. The van der Waals surface area contributed by atoms with Gasteiger partial charge in [-0.15, -0.1) is 0 Å². The SMILES string of the molecule is Cc1cccc2c1c1ccccc1n2-c1ccc(-c2cc(-c3ccccc3)cc(-c3cccc(-c4ccc(-n5c6ccccc6c6ccccc65)cc4)c3)c2)cc1. The van der Waals surface area contributed by atoms with Gasteiger partial charge in [0.1, 0.15) is 0 Å². The number of benzene rings is 9. The van der Waals surface area contributed by atoms with E-state index in [4.69, 9.17) is 0 Å². The number of aromatic nitrogens is 2.